The molecule has 0 saturated carbocycles. The van der Waals surface area contributed by atoms with Gasteiger partial charge in [0.1, 0.15) is 6.04 Å². The van der Waals surface area contributed by atoms with Crippen LogP contribution in [0.15, 0.2) is 54.6 Å². The Kier molecular flexibility index (Phi) is 7.39. The molecule has 7 nitrogen and oxygen atoms in total. The molecule has 1 atom stereocenters. The Morgan fingerprint density at radius 2 is 1.52 bits per heavy atom. The van der Waals surface area contributed by atoms with E-state index in [-0.39, 0.29) is 5.91 Å². The first-order valence-corrected chi connectivity index (χ1v) is 11.3. The van der Waals surface area contributed by atoms with Crippen LogP contribution in [0.5, 0.6) is 0 Å². The second-order valence-corrected chi connectivity index (χ2v) is 8.44. The zero-order valence-electron chi connectivity index (χ0n) is 17.1. The number of carbonyl (C=O) groups excluding carboxylic acids is 2. The number of carbonyl (C=O) groups is 2. The monoisotopic (exact) mass is 417 g/mol. The molecule has 0 unspecified atom stereocenters. The number of benzene rings is 2. The van der Waals surface area contributed by atoms with Gasteiger partial charge in [0.05, 0.1) is 23.2 Å². The van der Waals surface area contributed by atoms with Crippen LogP contribution in [0.4, 0.5) is 11.4 Å². The van der Waals surface area contributed by atoms with Crippen LogP contribution >= 0.6 is 0 Å². The summed E-state index contributed by atoms with van der Waals surface area (Å²) in [6.45, 7) is 6.37. The molecular weight excluding hydrogens is 390 g/mol. The number of anilines is 2. The molecular formula is C21H27N3O4S. The van der Waals surface area contributed by atoms with E-state index < -0.39 is 22.0 Å². The lowest BCUT2D eigenvalue weighted by Gasteiger charge is -2.28. The molecule has 8 heteroatoms. The zero-order valence-corrected chi connectivity index (χ0v) is 17.9. The van der Waals surface area contributed by atoms with E-state index >= 15 is 0 Å². The minimum Gasteiger partial charge on any atom is -0.339 e. The predicted octanol–water partition coefficient (Wildman–Crippen LogP) is 2.96. The summed E-state index contributed by atoms with van der Waals surface area (Å²) in [5.41, 5.74) is 1.11. The van der Waals surface area contributed by atoms with Crippen LogP contribution in [-0.4, -0.2) is 50.5 Å². The van der Waals surface area contributed by atoms with Crippen LogP contribution in [0.25, 0.3) is 0 Å². The molecule has 0 aliphatic heterocycles. The fourth-order valence-corrected chi connectivity index (χ4v) is 4.26. The Morgan fingerprint density at radius 3 is 2.07 bits per heavy atom. The van der Waals surface area contributed by atoms with Crippen LogP contribution in [0, 0.1) is 0 Å². The number of nitrogens with one attached hydrogen (secondary N) is 1. The predicted molar refractivity (Wildman–Crippen MR) is 116 cm³/mol. The highest BCUT2D eigenvalue weighted by atomic mass is 32.2. The molecule has 0 saturated heterocycles. The molecule has 0 radical (unpaired) electrons. The van der Waals surface area contributed by atoms with Crippen molar-refractivity contribution in [2.45, 2.75) is 26.8 Å². The zero-order chi connectivity index (χ0) is 21.6. The van der Waals surface area contributed by atoms with Gasteiger partial charge in [-0.3, -0.25) is 13.9 Å². The number of para-hydroxylation sites is 2. The standard InChI is InChI=1S/C21H27N3O4S/c1-5-23(6-2)21(26)18-14-10-11-15-19(18)22-20(25)16(3)24(29(4,27)28)17-12-8-7-9-13-17/h7-16H,5-6H2,1-4H3,(H,22,25)/t16-/m0/s1. The molecule has 0 bridgehead atoms. The largest absolute Gasteiger partial charge is 0.339 e. The summed E-state index contributed by atoms with van der Waals surface area (Å²) in [4.78, 5) is 27.3. The Bertz CT molecular complexity index is 957. The highest BCUT2D eigenvalue weighted by molar-refractivity contribution is 7.92. The maximum Gasteiger partial charge on any atom is 0.255 e. The fourth-order valence-electron chi connectivity index (χ4n) is 3.08. The normalized spacial score (nSPS) is 12.1. The summed E-state index contributed by atoms with van der Waals surface area (Å²) in [7, 11) is -3.70. The molecule has 0 heterocycles. The van der Waals surface area contributed by atoms with Gasteiger partial charge in [0.15, 0.2) is 0 Å². The molecule has 29 heavy (non-hydrogen) atoms. The van der Waals surface area contributed by atoms with Crippen molar-refractivity contribution in [1.29, 1.82) is 0 Å². The Hall–Kier alpha value is -2.87. The van der Waals surface area contributed by atoms with E-state index in [0.29, 0.717) is 30.0 Å². The second kappa shape index (κ2) is 9.56. The average molecular weight is 418 g/mol. The Morgan fingerprint density at radius 1 is 0.966 bits per heavy atom. The van der Waals surface area contributed by atoms with Crippen molar-refractivity contribution in [1.82, 2.24) is 4.90 Å². The summed E-state index contributed by atoms with van der Waals surface area (Å²) >= 11 is 0. The number of rotatable bonds is 8. The van der Waals surface area contributed by atoms with Gasteiger partial charge >= 0.3 is 0 Å². The Labute approximate surface area is 172 Å². The summed E-state index contributed by atoms with van der Waals surface area (Å²) in [5.74, 6) is -0.722. The second-order valence-electron chi connectivity index (χ2n) is 6.58. The third kappa shape index (κ3) is 5.35. The van der Waals surface area contributed by atoms with Gasteiger partial charge in [-0.2, -0.15) is 0 Å². The molecule has 0 aliphatic rings. The van der Waals surface area contributed by atoms with Gasteiger partial charge in [-0.25, -0.2) is 8.42 Å². The van der Waals surface area contributed by atoms with Crippen LogP contribution in [0.1, 0.15) is 31.1 Å². The quantitative estimate of drug-likeness (QED) is 0.715. The van der Waals surface area contributed by atoms with Crippen molar-refractivity contribution in [2.24, 2.45) is 0 Å². The van der Waals surface area contributed by atoms with Crippen molar-refractivity contribution in [3.8, 4) is 0 Å². The smallest absolute Gasteiger partial charge is 0.255 e. The molecule has 2 amide bonds. The van der Waals surface area contributed by atoms with Crippen molar-refractivity contribution in [2.75, 3.05) is 29.0 Å². The number of sulfonamides is 1. The molecule has 1 N–H and O–H groups in total. The lowest BCUT2D eigenvalue weighted by molar-refractivity contribution is -0.116. The lowest BCUT2D eigenvalue weighted by atomic mass is 10.1. The van der Waals surface area contributed by atoms with E-state index in [2.05, 4.69) is 5.32 Å². The maximum absolute atomic E-state index is 12.9. The first kappa shape index (κ1) is 22.4. The molecule has 0 aromatic heterocycles. The highest BCUT2D eigenvalue weighted by Crippen LogP contribution is 2.22. The van der Waals surface area contributed by atoms with Crippen molar-refractivity contribution < 1.29 is 18.0 Å². The van der Waals surface area contributed by atoms with Gasteiger partial charge in [-0.15, -0.1) is 0 Å². The third-order valence-electron chi connectivity index (χ3n) is 4.57. The third-order valence-corrected chi connectivity index (χ3v) is 5.81. The molecule has 2 aromatic carbocycles. The minimum atomic E-state index is -3.70. The van der Waals surface area contributed by atoms with Crippen molar-refractivity contribution >= 4 is 33.2 Å². The van der Waals surface area contributed by atoms with Gasteiger partial charge in [-0.1, -0.05) is 30.3 Å². The van der Waals surface area contributed by atoms with Gasteiger partial charge in [0, 0.05) is 13.1 Å². The van der Waals surface area contributed by atoms with Gasteiger partial charge in [0.25, 0.3) is 5.91 Å². The molecule has 156 valence electrons. The SMILES string of the molecule is CCN(CC)C(=O)c1ccccc1NC(=O)[C@H](C)N(c1ccccc1)S(C)(=O)=O. The van der Waals surface area contributed by atoms with Crippen LogP contribution < -0.4 is 9.62 Å². The number of nitrogens with zero attached hydrogens (tertiary/aromatic N) is 2. The van der Waals surface area contributed by atoms with Gasteiger partial charge < -0.3 is 10.2 Å². The summed E-state index contributed by atoms with van der Waals surface area (Å²) in [5, 5.41) is 2.72. The molecule has 0 spiro atoms. The number of amides is 2. The molecule has 2 rings (SSSR count). The minimum absolute atomic E-state index is 0.193. The highest BCUT2D eigenvalue weighted by Gasteiger charge is 2.29. The van der Waals surface area contributed by atoms with E-state index in [1.165, 1.54) is 6.92 Å². The van der Waals surface area contributed by atoms with Crippen molar-refractivity contribution in [3.05, 3.63) is 60.2 Å². The van der Waals surface area contributed by atoms with E-state index in [4.69, 9.17) is 0 Å². The summed E-state index contributed by atoms with van der Waals surface area (Å²) in [6.07, 6.45) is 1.06. The Balaban J connectivity index is 2.33. The lowest BCUT2D eigenvalue weighted by Crippen LogP contribution is -2.45. The summed E-state index contributed by atoms with van der Waals surface area (Å²) in [6, 6.07) is 14.1. The first-order valence-electron chi connectivity index (χ1n) is 9.44. The first-order chi connectivity index (χ1) is 13.7. The number of hydrogen-bond donors (Lipinski definition) is 1. The van der Waals surface area contributed by atoms with E-state index in [9.17, 15) is 18.0 Å². The molecule has 2 aromatic rings. The van der Waals surface area contributed by atoms with E-state index in [1.54, 1.807) is 59.5 Å². The fraction of sp³-hybridized carbons (Fsp3) is 0.333. The number of hydrogen-bond acceptors (Lipinski definition) is 4. The molecule has 0 fully saturated rings. The average Bonchev–Trinajstić information content (AvgIpc) is 2.69. The molecule has 0 aliphatic carbocycles. The van der Waals surface area contributed by atoms with E-state index in [1.807, 2.05) is 13.8 Å². The van der Waals surface area contributed by atoms with Crippen molar-refractivity contribution in [3.63, 3.8) is 0 Å². The van der Waals surface area contributed by atoms with E-state index in [0.717, 1.165) is 10.6 Å². The van der Waals surface area contributed by atoms with Gasteiger partial charge in [-0.05, 0) is 45.0 Å². The van der Waals surface area contributed by atoms with Crippen LogP contribution in [0.3, 0.4) is 0 Å². The van der Waals surface area contributed by atoms with Crippen LogP contribution in [0.2, 0.25) is 0 Å². The van der Waals surface area contributed by atoms with Crippen LogP contribution in [-0.2, 0) is 14.8 Å². The topological polar surface area (TPSA) is 86.8 Å². The summed E-state index contributed by atoms with van der Waals surface area (Å²) < 4.78 is 25.8. The maximum atomic E-state index is 12.9. The van der Waals surface area contributed by atoms with Gasteiger partial charge in [0.2, 0.25) is 15.9 Å².